The van der Waals surface area contributed by atoms with Crippen LogP contribution in [0.1, 0.15) is 71.1 Å². The smallest absolute Gasteiger partial charge is 0.0672 e. The van der Waals surface area contributed by atoms with E-state index in [9.17, 15) is 5.26 Å². The molecule has 0 aromatic heterocycles. The molecule has 0 radical (unpaired) electrons. The molecule has 2 nitrogen and oxygen atoms in total. The molecule has 0 aromatic carbocycles. The van der Waals surface area contributed by atoms with Crippen molar-refractivity contribution in [2.24, 2.45) is 23.7 Å². The number of likely N-dealkylation sites (tertiary alicyclic amines) is 1. The molecule has 2 heteroatoms. The molecule has 0 aromatic rings. The Bertz CT molecular complexity index is 372. The van der Waals surface area contributed by atoms with Crippen LogP contribution in [0.2, 0.25) is 0 Å². The zero-order chi connectivity index (χ0) is 14.7. The molecular weight excluding hydrogens is 256 g/mol. The van der Waals surface area contributed by atoms with Crippen LogP contribution in [0.3, 0.4) is 0 Å². The third-order valence-electron chi connectivity index (χ3n) is 6.58. The van der Waals surface area contributed by atoms with E-state index in [1.807, 2.05) is 0 Å². The molecular formula is C19H32N2. The Morgan fingerprint density at radius 2 is 1.86 bits per heavy atom. The van der Waals surface area contributed by atoms with Gasteiger partial charge in [-0.2, -0.15) is 5.26 Å². The van der Waals surface area contributed by atoms with Crippen molar-refractivity contribution >= 4 is 0 Å². The van der Waals surface area contributed by atoms with Gasteiger partial charge >= 0.3 is 0 Å². The second-order valence-corrected chi connectivity index (χ2v) is 7.86. The summed E-state index contributed by atoms with van der Waals surface area (Å²) in [5.74, 6) is 3.14. The Morgan fingerprint density at radius 1 is 1.05 bits per heavy atom. The van der Waals surface area contributed by atoms with Gasteiger partial charge in [0.1, 0.15) is 0 Å². The van der Waals surface area contributed by atoms with Crippen LogP contribution in [0.5, 0.6) is 0 Å². The molecule has 2 aliphatic carbocycles. The Morgan fingerprint density at radius 3 is 2.62 bits per heavy atom. The number of hydrogen-bond acceptors (Lipinski definition) is 2. The minimum Gasteiger partial charge on any atom is -0.299 e. The predicted octanol–water partition coefficient (Wildman–Crippen LogP) is 4.61. The van der Waals surface area contributed by atoms with Crippen LogP contribution in [-0.2, 0) is 0 Å². The van der Waals surface area contributed by atoms with E-state index in [1.54, 1.807) is 0 Å². The first-order valence-electron chi connectivity index (χ1n) is 9.45. The highest BCUT2D eigenvalue weighted by molar-refractivity contribution is 4.99. The normalized spacial score (nSPS) is 41.2. The van der Waals surface area contributed by atoms with Gasteiger partial charge in [-0.05, 0) is 56.4 Å². The van der Waals surface area contributed by atoms with Crippen molar-refractivity contribution in [1.82, 2.24) is 4.90 Å². The number of piperidine rings is 1. The fourth-order valence-corrected chi connectivity index (χ4v) is 5.39. The molecule has 0 amide bonds. The molecule has 5 atom stereocenters. The molecule has 2 saturated carbocycles. The van der Waals surface area contributed by atoms with Gasteiger partial charge in [-0.25, -0.2) is 0 Å². The van der Waals surface area contributed by atoms with Crippen LogP contribution in [-0.4, -0.2) is 24.0 Å². The van der Waals surface area contributed by atoms with E-state index in [0.717, 1.165) is 24.2 Å². The highest BCUT2D eigenvalue weighted by atomic mass is 15.2. The van der Waals surface area contributed by atoms with Gasteiger partial charge in [0.15, 0.2) is 0 Å². The second kappa shape index (κ2) is 7.14. The quantitative estimate of drug-likeness (QED) is 0.758. The van der Waals surface area contributed by atoms with Crippen molar-refractivity contribution in [2.75, 3.05) is 13.1 Å². The van der Waals surface area contributed by atoms with Crippen LogP contribution in [0.4, 0.5) is 0 Å². The van der Waals surface area contributed by atoms with Gasteiger partial charge in [-0.1, -0.05) is 39.0 Å². The van der Waals surface area contributed by atoms with E-state index in [4.69, 9.17) is 0 Å². The fraction of sp³-hybridized carbons (Fsp3) is 0.947. The maximum Gasteiger partial charge on any atom is 0.0672 e. The first-order valence-corrected chi connectivity index (χ1v) is 9.45. The van der Waals surface area contributed by atoms with Crippen LogP contribution in [0, 0.1) is 35.0 Å². The topological polar surface area (TPSA) is 27.0 Å². The highest BCUT2D eigenvalue weighted by Crippen LogP contribution is 2.40. The summed E-state index contributed by atoms with van der Waals surface area (Å²) in [6.07, 6.45) is 13.6. The largest absolute Gasteiger partial charge is 0.299 e. The van der Waals surface area contributed by atoms with E-state index >= 15 is 0 Å². The zero-order valence-corrected chi connectivity index (χ0v) is 13.8. The lowest BCUT2D eigenvalue weighted by Crippen LogP contribution is -2.51. The summed E-state index contributed by atoms with van der Waals surface area (Å²) in [6, 6.07) is 3.22. The lowest BCUT2D eigenvalue weighted by molar-refractivity contribution is 0.0205. The third-order valence-corrected chi connectivity index (χ3v) is 6.58. The maximum absolute atomic E-state index is 9.56. The van der Waals surface area contributed by atoms with Gasteiger partial charge in [0.05, 0.1) is 12.0 Å². The number of fused-ring (bicyclic) bond motifs is 1. The van der Waals surface area contributed by atoms with Gasteiger partial charge in [0, 0.05) is 12.6 Å². The molecule has 0 bridgehead atoms. The summed E-state index contributed by atoms with van der Waals surface area (Å²) in [5.41, 5.74) is 0. The van der Waals surface area contributed by atoms with Gasteiger partial charge in [-0.3, -0.25) is 4.90 Å². The third kappa shape index (κ3) is 3.45. The minimum atomic E-state index is 0.304. The van der Waals surface area contributed by atoms with Crippen molar-refractivity contribution in [3.63, 3.8) is 0 Å². The number of nitriles is 1. The van der Waals surface area contributed by atoms with Crippen LogP contribution in [0.15, 0.2) is 0 Å². The van der Waals surface area contributed by atoms with Crippen molar-refractivity contribution in [3.8, 4) is 6.07 Å². The number of rotatable bonds is 3. The standard InChI is InChI=1S/C19H32N2/c1-2-5-15-8-9-17(13-20)19(12-15)21-11-10-16-6-3-4-7-18(16)14-21/h15-19H,2-12,14H2,1H3. The molecule has 5 unspecified atom stereocenters. The lowest BCUT2D eigenvalue weighted by atomic mass is 9.72. The van der Waals surface area contributed by atoms with Crippen molar-refractivity contribution in [1.29, 1.82) is 5.26 Å². The molecule has 1 aliphatic heterocycles. The van der Waals surface area contributed by atoms with Crippen molar-refractivity contribution in [3.05, 3.63) is 0 Å². The molecule has 3 fully saturated rings. The molecule has 1 saturated heterocycles. The second-order valence-electron chi connectivity index (χ2n) is 7.86. The summed E-state index contributed by atoms with van der Waals surface area (Å²) < 4.78 is 0. The summed E-state index contributed by atoms with van der Waals surface area (Å²) in [4.78, 5) is 2.74. The van der Waals surface area contributed by atoms with E-state index in [0.29, 0.717) is 12.0 Å². The van der Waals surface area contributed by atoms with Gasteiger partial charge in [0.2, 0.25) is 0 Å². The van der Waals surface area contributed by atoms with Gasteiger partial charge in [-0.15, -0.1) is 0 Å². The molecule has 118 valence electrons. The Hall–Kier alpha value is -0.550. The molecule has 3 aliphatic rings. The van der Waals surface area contributed by atoms with E-state index < -0.39 is 0 Å². The number of nitrogens with zero attached hydrogens (tertiary/aromatic N) is 2. The Balaban J connectivity index is 1.64. The summed E-state index contributed by atoms with van der Waals surface area (Å²) in [5, 5.41) is 9.56. The molecule has 1 heterocycles. The average molecular weight is 288 g/mol. The van der Waals surface area contributed by atoms with E-state index in [2.05, 4.69) is 17.9 Å². The van der Waals surface area contributed by atoms with Gasteiger partial charge in [0.25, 0.3) is 0 Å². The Kier molecular flexibility index (Phi) is 5.22. The molecule has 21 heavy (non-hydrogen) atoms. The first-order chi connectivity index (χ1) is 10.3. The minimum absolute atomic E-state index is 0.304. The van der Waals surface area contributed by atoms with Crippen LogP contribution < -0.4 is 0 Å². The van der Waals surface area contributed by atoms with Gasteiger partial charge < -0.3 is 0 Å². The predicted molar refractivity (Wildman–Crippen MR) is 86.8 cm³/mol. The van der Waals surface area contributed by atoms with Crippen molar-refractivity contribution < 1.29 is 0 Å². The summed E-state index contributed by atoms with van der Waals surface area (Å²) in [6.45, 7) is 4.87. The first kappa shape index (κ1) is 15.3. The maximum atomic E-state index is 9.56. The monoisotopic (exact) mass is 288 g/mol. The van der Waals surface area contributed by atoms with E-state index in [-0.39, 0.29) is 0 Å². The SMILES string of the molecule is CCCC1CCC(C#N)C(N2CCC3CCCCC3C2)C1. The average Bonchev–Trinajstić information content (AvgIpc) is 2.54. The van der Waals surface area contributed by atoms with Crippen LogP contribution in [0.25, 0.3) is 0 Å². The molecule has 0 spiro atoms. The van der Waals surface area contributed by atoms with Crippen LogP contribution >= 0.6 is 0 Å². The van der Waals surface area contributed by atoms with Crippen molar-refractivity contribution in [2.45, 2.75) is 77.2 Å². The molecule has 0 N–H and O–H groups in total. The Labute approximate surface area is 130 Å². The lowest BCUT2D eigenvalue weighted by Gasteiger charge is -2.47. The fourth-order valence-electron chi connectivity index (χ4n) is 5.39. The van der Waals surface area contributed by atoms with E-state index in [1.165, 1.54) is 70.9 Å². The summed E-state index contributed by atoms with van der Waals surface area (Å²) >= 11 is 0. The number of hydrogen-bond donors (Lipinski definition) is 0. The summed E-state index contributed by atoms with van der Waals surface area (Å²) in [7, 11) is 0. The highest BCUT2D eigenvalue weighted by Gasteiger charge is 2.39. The molecule has 3 rings (SSSR count). The zero-order valence-electron chi connectivity index (χ0n) is 13.8.